The molecule has 9 aromatic rings. The number of pyridine rings is 2. The van der Waals surface area contributed by atoms with Gasteiger partial charge >= 0.3 is 0 Å². The van der Waals surface area contributed by atoms with E-state index in [1.165, 1.54) is 0 Å². The lowest BCUT2D eigenvalue weighted by atomic mass is 9.98. The van der Waals surface area contributed by atoms with Gasteiger partial charge in [-0.2, -0.15) is 0 Å². The predicted molar refractivity (Wildman–Crippen MR) is 208 cm³/mol. The standard InChI is InChI=1S/C46H31N5/c1-30-27-41(48-43-39(30)25-23-32-24-26-40(47-42(32)43)31-13-5-2-6-14-31)37-21-11-19-35(28-37)36-20-12-22-38(29-36)46-50-44(33-15-7-3-8-16-33)49-45(51-46)34-17-9-4-10-18-34/h2-29H,1H3. The molecule has 0 saturated carbocycles. The van der Waals surface area contributed by atoms with Crippen molar-refractivity contribution in [1.29, 1.82) is 0 Å². The lowest BCUT2D eigenvalue weighted by Gasteiger charge is -2.12. The Bertz CT molecular complexity index is 2630. The van der Waals surface area contributed by atoms with Gasteiger partial charge in [0.15, 0.2) is 17.5 Å². The van der Waals surface area contributed by atoms with E-state index in [2.05, 4.69) is 97.9 Å². The summed E-state index contributed by atoms with van der Waals surface area (Å²) in [5.41, 5.74) is 11.9. The molecule has 0 aliphatic heterocycles. The van der Waals surface area contributed by atoms with Crippen LogP contribution in [0.5, 0.6) is 0 Å². The number of rotatable bonds is 6. The summed E-state index contributed by atoms with van der Waals surface area (Å²) in [5, 5.41) is 2.18. The lowest BCUT2D eigenvalue weighted by molar-refractivity contribution is 1.07. The highest BCUT2D eigenvalue weighted by molar-refractivity contribution is 6.05. The van der Waals surface area contributed by atoms with E-state index in [9.17, 15) is 0 Å². The Morgan fingerprint density at radius 1 is 0.314 bits per heavy atom. The van der Waals surface area contributed by atoms with Gasteiger partial charge in [-0.25, -0.2) is 24.9 Å². The second-order valence-electron chi connectivity index (χ2n) is 12.6. The molecule has 0 amide bonds. The van der Waals surface area contributed by atoms with Crippen LogP contribution in [0.4, 0.5) is 0 Å². The quantitative estimate of drug-likeness (QED) is 0.167. The van der Waals surface area contributed by atoms with Crippen LogP contribution in [0.2, 0.25) is 0 Å². The molecule has 0 unspecified atom stereocenters. The van der Waals surface area contributed by atoms with Crippen LogP contribution in [-0.4, -0.2) is 24.9 Å². The smallest absolute Gasteiger partial charge is 0.164 e. The van der Waals surface area contributed by atoms with Gasteiger partial charge in [0.2, 0.25) is 0 Å². The molecule has 3 aromatic heterocycles. The van der Waals surface area contributed by atoms with Gasteiger partial charge in [0.25, 0.3) is 0 Å². The van der Waals surface area contributed by atoms with Crippen molar-refractivity contribution >= 4 is 21.8 Å². The van der Waals surface area contributed by atoms with Crippen molar-refractivity contribution in [2.24, 2.45) is 0 Å². The van der Waals surface area contributed by atoms with Crippen LogP contribution in [0, 0.1) is 6.92 Å². The first-order chi connectivity index (χ1) is 25.2. The van der Waals surface area contributed by atoms with E-state index in [-0.39, 0.29) is 0 Å². The van der Waals surface area contributed by atoms with E-state index in [1.54, 1.807) is 0 Å². The van der Waals surface area contributed by atoms with Crippen LogP contribution in [-0.2, 0) is 0 Å². The van der Waals surface area contributed by atoms with E-state index in [4.69, 9.17) is 24.9 Å². The maximum atomic E-state index is 5.26. The molecule has 0 saturated heterocycles. The van der Waals surface area contributed by atoms with E-state index < -0.39 is 0 Å². The second kappa shape index (κ2) is 12.9. The molecular formula is C46H31N5. The van der Waals surface area contributed by atoms with Gasteiger partial charge in [0.05, 0.1) is 22.4 Å². The molecule has 0 N–H and O–H groups in total. The molecule has 3 heterocycles. The van der Waals surface area contributed by atoms with E-state index >= 15 is 0 Å². The number of benzene rings is 6. The number of aryl methyl sites for hydroxylation is 1. The summed E-state index contributed by atoms with van der Waals surface area (Å²) in [5.74, 6) is 1.91. The van der Waals surface area contributed by atoms with Crippen LogP contribution in [0.15, 0.2) is 170 Å². The molecule has 9 rings (SSSR count). The van der Waals surface area contributed by atoms with Gasteiger partial charge in [-0.1, -0.05) is 146 Å². The number of hydrogen-bond donors (Lipinski definition) is 0. The Labute approximate surface area is 296 Å². The zero-order valence-electron chi connectivity index (χ0n) is 27.9. The minimum atomic E-state index is 0.627. The van der Waals surface area contributed by atoms with Crippen molar-refractivity contribution in [1.82, 2.24) is 24.9 Å². The highest BCUT2D eigenvalue weighted by Crippen LogP contribution is 2.33. The summed E-state index contributed by atoms with van der Waals surface area (Å²) in [6, 6.07) is 58.1. The minimum Gasteiger partial charge on any atom is -0.245 e. The summed E-state index contributed by atoms with van der Waals surface area (Å²) in [7, 11) is 0. The molecule has 6 aromatic carbocycles. The molecule has 0 fully saturated rings. The van der Waals surface area contributed by atoms with Gasteiger partial charge < -0.3 is 0 Å². The van der Waals surface area contributed by atoms with Crippen molar-refractivity contribution < 1.29 is 0 Å². The van der Waals surface area contributed by atoms with Crippen molar-refractivity contribution in [3.8, 4) is 67.8 Å². The third kappa shape index (κ3) is 5.91. The van der Waals surface area contributed by atoms with Crippen LogP contribution in [0.1, 0.15) is 5.56 Å². The molecule has 0 spiro atoms. The molecule has 5 heteroatoms. The third-order valence-electron chi connectivity index (χ3n) is 9.23. The van der Waals surface area contributed by atoms with Crippen LogP contribution in [0.25, 0.3) is 89.6 Å². The topological polar surface area (TPSA) is 64.5 Å². The van der Waals surface area contributed by atoms with Crippen molar-refractivity contribution in [2.75, 3.05) is 0 Å². The van der Waals surface area contributed by atoms with Crippen LogP contribution < -0.4 is 0 Å². The summed E-state index contributed by atoms with van der Waals surface area (Å²) in [6.07, 6.45) is 0. The van der Waals surface area contributed by atoms with Crippen molar-refractivity contribution in [3.05, 3.63) is 175 Å². The van der Waals surface area contributed by atoms with Crippen molar-refractivity contribution in [2.45, 2.75) is 6.92 Å². The Morgan fingerprint density at radius 2 is 0.784 bits per heavy atom. The first-order valence-electron chi connectivity index (χ1n) is 17.0. The second-order valence-corrected chi connectivity index (χ2v) is 12.6. The summed E-state index contributed by atoms with van der Waals surface area (Å²) >= 11 is 0. The maximum Gasteiger partial charge on any atom is 0.164 e. The van der Waals surface area contributed by atoms with E-state index in [1.807, 2.05) is 78.9 Å². The molecular weight excluding hydrogens is 623 g/mol. The van der Waals surface area contributed by atoms with Crippen LogP contribution in [0.3, 0.4) is 0 Å². The molecule has 0 bridgehead atoms. The molecule has 0 atom stereocenters. The molecule has 0 aliphatic carbocycles. The van der Waals surface area contributed by atoms with Crippen LogP contribution >= 0.6 is 0 Å². The van der Waals surface area contributed by atoms with Crippen molar-refractivity contribution in [3.63, 3.8) is 0 Å². The molecule has 0 radical (unpaired) electrons. The fourth-order valence-corrected chi connectivity index (χ4v) is 6.59. The third-order valence-corrected chi connectivity index (χ3v) is 9.23. The fraction of sp³-hybridized carbons (Fsp3) is 0.0217. The molecule has 240 valence electrons. The highest BCUT2D eigenvalue weighted by Gasteiger charge is 2.15. The van der Waals surface area contributed by atoms with E-state index in [0.717, 1.165) is 77.7 Å². The zero-order valence-corrected chi connectivity index (χ0v) is 27.9. The Morgan fingerprint density at radius 3 is 1.41 bits per heavy atom. The summed E-state index contributed by atoms with van der Waals surface area (Å²) < 4.78 is 0. The molecule has 0 aliphatic rings. The average molecular weight is 654 g/mol. The number of hydrogen-bond acceptors (Lipinski definition) is 5. The highest BCUT2D eigenvalue weighted by atomic mass is 15.0. The number of fused-ring (bicyclic) bond motifs is 3. The number of nitrogens with zero attached hydrogens (tertiary/aromatic N) is 5. The first-order valence-corrected chi connectivity index (χ1v) is 17.0. The summed E-state index contributed by atoms with van der Waals surface area (Å²) in [4.78, 5) is 25.1. The Hall–Kier alpha value is -6.85. The van der Waals surface area contributed by atoms with E-state index in [0.29, 0.717) is 17.5 Å². The van der Waals surface area contributed by atoms with Gasteiger partial charge in [-0.3, -0.25) is 0 Å². The predicted octanol–water partition coefficient (Wildman–Crippen LogP) is 11.3. The average Bonchev–Trinajstić information content (AvgIpc) is 3.21. The van der Waals surface area contributed by atoms with Gasteiger partial charge in [-0.05, 0) is 47.9 Å². The largest absolute Gasteiger partial charge is 0.245 e. The summed E-state index contributed by atoms with van der Waals surface area (Å²) in [6.45, 7) is 2.15. The fourth-order valence-electron chi connectivity index (χ4n) is 6.59. The lowest BCUT2D eigenvalue weighted by Crippen LogP contribution is -2.00. The van der Waals surface area contributed by atoms with Gasteiger partial charge in [0, 0.05) is 38.6 Å². The van der Waals surface area contributed by atoms with Gasteiger partial charge in [0.1, 0.15) is 0 Å². The number of aromatic nitrogens is 5. The minimum absolute atomic E-state index is 0.627. The SMILES string of the molecule is Cc1cc(-c2cccc(-c3cccc(-c4nc(-c5ccccc5)nc(-c5ccccc5)n4)c3)c2)nc2c1ccc1ccc(-c3ccccc3)nc12. The van der Waals surface area contributed by atoms with Gasteiger partial charge in [-0.15, -0.1) is 0 Å². The maximum absolute atomic E-state index is 5.26. The Kier molecular flexibility index (Phi) is 7.63. The zero-order chi connectivity index (χ0) is 34.1. The normalized spacial score (nSPS) is 11.2. The first kappa shape index (κ1) is 30.2. The Balaban J connectivity index is 1.12. The monoisotopic (exact) mass is 653 g/mol. The molecule has 51 heavy (non-hydrogen) atoms. The molecule has 5 nitrogen and oxygen atoms in total.